The van der Waals surface area contributed by atoms with Gasteiger partial charge in [0.05, 0.1) is 23.1 Å². The van der Waals surface area contributed by atoms with Crippen LogP contribution >= 0.6 is 0 Å². The summed E-state index contributed by atoms with van der Waals surface area (Å²) in [6.45, 7) is 7.00. The fourth-order valence-electron chi connectivity index (χ4n) is 2.50. The van der Waals surface area contributed by atoms with E-state index in [1.165, 1.54) is 6.33 Å². The summed E-state index contributed by atoms with van der Waals surface area (Å²) in [5, 5.41) is 19.8. The lowest BCUT2D eigenvalue weighted by molar-refractivity contribution is 0.0738. The maximum absolute atomic E-state index is 12.8. The summed E-state index contributed by atoms with van der Waals surface area (Å²) >= 11 is 0. The standard InChI is InChI=1S/C19H22N6O2/c1-11-5-6-14(20-9-11)15-7-13(8-16(24-15)19(3,4)27)18(26)23-12(2)17-21-10-22-25-17/h5-10,12,27H,1-4H3,(H,23,26)(H,21,22,25)/t12-/m0/s1. The fraction of sp³-hybridized carbons (Fsp3) is 0.316. The largest absolute Gasteiger partial charge is 0.384 e. The Hall–Kier alpha value is -3.13. The Balaban J connectivity index is 1.97. The van der Waals surface area contributed by atoms with E-state index in [0.29, 0.717) is 28.5 Å². The number of H-pyrrole nitrogens is 1. The average molecular weight is 366 g/mol. The van der Waals surface area contributed by atoms with Crippen molar-refractivity contribution >= 4 is 5.91 Å². The molecule has 3 aromatic rings. The van der Waals surface area contributed by atoms with E-state index in [1.54, 1.807) is 39.1 Å². The molecule has 8 nitrogen and oxygen atoms in total. The van der Waals surface area contributed by atoms with Crippen LogP contribution in [0.25, 0.3) is 11.4 Å². The molecule has 0 fully saturated rings. The summed E-state index contributed by atoms with van der Waals surface area (Å²) in [4.78, 5) is 25.7. The first-order valence-electron chi connectivity index (χ1n) is 8.58. The van der Waals surface area contributed by atoms with Crippen molar-refractivity contribution in [3.63, 3.8) is 0 Å². The Morgan fingerprint density at radius 3 is 2.59 bits per heavy atom. The number of aromatic nitrogens is 5. The number of hydrogen-bond acceptors (Lipinski definition) is 6. The van der Waals surface area contributed by atoms with Crippen molar-refractivity contribution in [2.75, 3.05) is 0 Å². The first-order chi connectivity index (χ1) is 12.7. The number of aliphatic hydroxyl groups is 1. The van der Waals surface area contributed by atoms with Crippen molar-refractivity contribution < 1.29 is 9.90 Å². The molecule has 0 saturated carbocycles. The van der Waals surface area contributed by atoms with Gasteiger partial charge in [0.25, 0.3) is 5.91 Å². The van der Waals surface area contributed by atoms with Gasteiger partial charge in [-0.1, -0.05) is 6.07 Å². The predicted molar refractivity (Wildman–Crippen MR) is 99.7 cm³/mol. The van der Waals surface area contributed by atoms with Crippen molar-refractivity contribution in [2.45, 2.75) is 39.3 Å². The van der Waals surface area contributed by atoms with Crippen LogP contribution in [0.1, 0.15) is 54.3 Å². The molecule has 3 aromatic heterocycles. The summed E-state index contributed by atoms with van der Waals surface area (Å²) in [5.74, 6) is 0.251. The number of nitrogens with zero attached hydrogens (tertiary/aromatic N) is 4. The highest BCUT2D eigenvalue weighted by Crippen LogP contribution is 2.24. The number of pyridine rings is 2. The molecule has 1 atom stereocenters. The minimum atomic E-state index is -1.20. The second-order valence-corrected chi connectivity index (χ2v) is 6.97. The summed E-state index contributed by atoms with van der Waals surface area (Å²) in [5.41, 5.74) is 1.74. The summed E-state index contributed by atoms with van der Waals surface area (Å²) in [6, 6.07) is 6.66. The van der Waals surface area contributed by atoms with Gasteiger partial charge in [0.2, 0.25) is 0 Å². The second-order valence-electron chi connectivity index (χ2n) is 6.97. The van der Waals surface area contributed by atoms with Gasteiger partial charge in [-0.25, -0.2) is 9.97 Å². The number of amides is 1. The number of hydrogen-bond donors (Lipinski definition) is 3. The quantitative estimate of drug-likeness (QED) is 0.638. The van der Waals surface area contributed by atoms with Crippen LogP contribution in [0, 0.1) is 6.92 Å². The Labute approximate surface area is 157 Å². The lowest BCUT2D eigenvalue weighted by Gasteiger charge is -2.19. The maximum Gasteiger partial charge on any atom is 0.252 e. The number of rotatable bonds is 5. The molecule has 0 bridgehead atoms. The van der Waals surface area contributed by atoms with Crippen LogP contribution in [0.5, 0.6) is 0 Å². The van der Waals surface area contributed by atoms with Crippen molar-refractivity contribution in [3.8, 4) is 11.4 Å². The van der Waals surface area contributed by atoms with Gasteiger partial charge in [-0.15, -0.1) is 0 Å². The lowest BCUT2D eigenvalue weighted by Crippen LogP contribution is -2.28. The average Bonchev–Trinajstić information content (AvgIpc) is 3.16. The minimum Gasteiger partial charge on any atom is -0.384 e. The second kappa shape index (κ2) is 7.24. The molecule has 0 aliphatic carbocycles. The Morgan fingerprint density at radius 1 is 1.22 bits per heavy atom. The minimum absolute atomic E-state index is 0.305. The predicted octanol–water partition coefficient (Wildman–Crippen LogP) is 2.29. The zero-order valence-electron chi connectivity index (χ0n) is 15.7. The Morgan fingerprint density at radius 2 is 2.00 bits per heavy atom. The third-order valence-corrected chi connectivity index (χ3v) is 4.08. The molecule has 3 heterocycles. The third kappa shape index (κ3) is 4.35. The zero-order chi connectivity index (χ0) is 19.6. The normalized spacial score (nSPS) is 12.6. The van der Waals surface area contributed by atoms with Crippen LogP contribution in [-0.2, 0) is 5.60 Å². The number of carbonyl (C=O) groups is 1. The molecule has 0 aliphatic rings. The van der Waals surface area contributed by atoms with Gasteiger partial charge in [-0.3, -0.25) is 14.9 Å². The third-order valence-electron chi connectivity index (χ3n) is 4.08. The van der Waals surface area contributed by atoms with E-state index in [-0.39, 0.29) is 11.9 Å². The number of aryl methyl sites for hydroxylation is 1. The van der Waals surface area contributed by atoms with Crippen molar-refractivity contribution in [1.82, 2.24) is 30.5 Å². The molecule has 0 saturated heterocycles. The maximum atomic E-state index is 12.8. The van der Waals surface area contributed by atoms with Crippen LogP contribution < -0.4 is 5.32 Å². The number of nitrogens with one attached hydrogen (secondary N) is 2. The highest BCUT2D eigenvalue weighted by atomic mass is 16.3. The van der Waals surface area contributed by atoms with Crippen LogP contribution in [0.15, 0.2) is 36.8 Å². The van der Waals surface area contributed by atoms with Gasteiger partial charge in [-0.2, -0.15) is 5.10 Å². The van der Waals surface area contributed by atoms with Crippen molar-refractivity contribution in [1.29, 1.82) is 0 Å². The van der Waals surface area contributed by atoms with Crippen LogP contribution in [0.4, 0.5) is 0 Å². The lowest BCUT2D eigenvalue weighted by atomic mass is 10.0. The number of aromatic amines is 1. The molecular weight excluding hydrogens is 344 g/mol. The highest BCUT2D eigenvalue weighted by molar-refractivity contribution is 5.95. The zero-order valence-corrected chi connectivity index (χ0v) is 15.7. The summed E-state index contributed by atoms with van der Waals surface area (Å²) in [6.07, 6.45) is 3.12. The Bertz CT molecular complexity index is 930. The molecule has 1 amide bonds. The first-order valence-corrected chi connectivity index (χ1v) is 8.58. The molecule has 0 radical (unpaired) electrons. The smallest absolute Gasteiger partial charge is 0.252 e. The van der Waals surface area contributed by atoms with E-state index in [1.807, 2.05) is 19.1 Å². The molecule has 0 aromatic carbocycles. The van der Waals surface area contributed by atoms with E-state index in [9.17, 15) is 9.90 Å². The molecule has 3 N–H and O–H groups in total. The van der Waals surface area contributed by atoms with E-state index in [0.717, 1.165) is 5.56 Å². The van der Waals surface area contributed by atoms with E-state index < -0.39 is 5.60 Å². The molecule has 27 heavy (non-hydrogen) atoms. The van der Waals surface area contributed by atoms with Gasteiger partial charge >= 0.3 is 0 Å². The molecule has 8 heteroatoms. The molecule has 0 spiro atoms. The fourth-order valence-corrected chi connectivity index (χ4v) is 2.50. The highest BCUT2D eigenvalue weighted by Gasteiger charge is 2.23. The van der Waals surface area contributed by atoms with Gasteiger partial charge in [0.1, 0.15) is 17.8 Å². The number of carbonyl (C=O) groups excluding carboxylic acids is 1. The molecular formula is C19H22N6O2. The summed E-state index contributed by atoms with van der Waals surface area (Å²) < 4.78 is 0. The van der Waals surface area contributed by atoms with Crippen molar-refractivity contribution in [2.24, 2.45) is 0 Å². The van der Waals surface area contributed by atoms with Crippen LogP contribution in [-0.4, -0.2) is 36.2 Å². The van der Waals surface area contributed by atoms with Crippen LogP contribution in [0.2, 0.25) is 0 Å². The molecule has 140 valence electrons. The van der Waals surface area contributed by atoms with Gasteiger partial charge in [0.15, 0.2) is 0 Å². The first kappa shape index (κ1) is 18.7. The van der Waals surface area contributed by atoms with E-state index >= 15 is 0 Å². The van der Waals surface area contributed by atoms with Gasteiger partial charge in [0, 0.05) is 11.8 Å². The van der Waals surface area contributed by atoms with Crippen molar-refractivity contribution in [3.05, 3.63) is 59.4 Å². The monoisotopic (exact) mass is 366 g/mol. The molecule has 0 aliphatic heterocycles. The molecule has 3 rings (SSSR count). The molecule has 0 unspecified atom stereocenters. The van der Waals surface area contributed by atoms with Crippen LogP contribution in [0.3, 0.4) is 0 Å². The topological polar surface area (TPSA) is 117 Å². The summed E-state index contributed by atoms with van der Waals surface area (Å²) in [7, 11) is 0. The van der Waals surface area contributed by atoms with E-state index in [4.69, 9.17) is 0 Å². The van der Waals surface area contributed by atoms with Gasteiger partial charge < -0.3 is 10.4 Å². The van der Waals surface area contributed by atoms with E-state index in [2.05, 4.69) is 30.5 Å². The SMILES string of the molecule is Cc1ccc(-c2cc(C(=O)N[C@@H](C)c3ncn[nH]3)cc(C(C)(C)O)n2)nc1. The Kier molecular flexibility index (Phi) is 5.00. The van der Waals surface area contributed by atoms with Gasteiger partial charge in [-0.05, 0) is 51.5 Å².